The third-order valence-corrected chi connectivity index (χ3v) is 6.22. The molecule has 0 spiro atoms. The number of hydrogen-bond acceptors (Lipinski definition) is 3. The van der Waals surface area contributed by atoms with Crippen LogP contribution in [0.4, 0.5) is 0 Å². The van der Waals surface area contributed by atoms with Crippen molar-refractivity contribution in [3.63, 3.8) is 0 Å². The van der Waals surface area contributed by atoms with Crippen LogP contribution >= 0.6 is 11.8 Å². The van der Waals surface area contributed by atoms with Crippen LogP contribution in [0.25, 0.3) is 0 Å². The molecule has 3 unspecified atom stereocenters. The largest absolute Gasteiger partial charge is 0.465 e. The van der Waals surface area contributed by atoms with Crippen molar-refractivity contribution in [2.75, 3.05) is 12.4 Å². The fourth-order valence-corrected chi connectivity index (χ4v) is 4.29. The maximum atomic E-state index is 5.95. The molecule has 0 saturated carbocycles. The van der Waals surface area contributed by atoms with Crippen molar-refractivity contribution in [3.8, 4) is 5.75 Å². The molecule has 0 aliphatic carbocycles. The number of ether oxygens (including phenoxy) is 2. The summed E-state index contributed by atoms with van der Waals surface area (Å²) in [4.78, 5) is 1.27. The Morgan fingerprint density at radius 1 is 0.862 bits per heavy atom. The minimum atomic E-state index is -0.246. The highest BCUT2D eigenvalue weighted by molar-refractivity contribution is 7.99. The van der Waals surface area contributed by atoms with Gasteiger partial charge in [0.25, 0.3) is 0 Å². The minimum absolute atomic E-state index is 0.246. The van der Waals surface area contributed by atoms with Crippen LogP contribution in [-0.2, 0) is 4.74 Å². The summed E-state index contributed by atoms with van der Waals surface area (Å²) < 4.78 is 11.8. The second-order valence-electron chi connectivity index (χ2n) is 8.36. The van der Waals surface area contributed by atoms with E-state index in [9.17, 15) is 0 Å². The summed E-state index contributed by atoms with van der Waals surface area (Å²) in [6, 6.07) is 19.1. The number of hydrogen-bond donors (Lipinski definition) is 0. The van der Waals surface area contributed by atoms with Crippen molar-refractivity contribution in [2.24, 2.45) is 11.8 Å². The van der Waals surface area contributed by atoms with Crippen molar-refractivity contribution in [2.45, 2.75) is 71.0 Å². The molecule has 2 rings (SSSR count). The van der Waals surface area contributed by atoms with Crippen LogP contribution in [-0.4, -0.2) is 18.6 Å². The fraction of sp³-hybridized carbons (Fsp3) is 0.538. The van der Waals surface area contributed by atoms with Gasteiger partial charge in [0.15, 0.2) is 6.29 Å². The van der Waals surface area contributed by atoms with E-state index in [-0.39, 0.29) is 6.29 Å². The summed E-state index contributed by atoms with van der Waals surface area (Å²) in [6.45, 7) is 11.9. The molecule has 0 amide bonds. The molecule has 0 aliphatic rings. The van der Waals surface area contributed by atoms with E-state index in [4.69, 9.17) is 9.47 Å². The predicted molar refractivity (Wildman–Crippen MR) is 126 cm³/mol. The van der Waals surface area contributed by atoms with E-state index in [1.807, 2.05) is 13.0 Å². The van der Waals surface area contributed by atoms with Crippen LogP contribution in [0.1, 0.15) is 65.4 Å². The van der Waals surface area contributed by atoms with Gasteiger partial charge in [-0.15, -0.1) is 11.8 Å². The zero-order valence-electron chi connectivity index (χ0n) is 18.8. The molecule has 0 bridgehead atoms. The fourth-order valence-electron chi connectivity index (χ4n) is 3.52. The first-order valence-electron chi connectivity index (χ1n) is 11.0. The van der Waals surface area contributed by atoms with Crippen LogP contribution in [0.15, 0.2) is 59.5 Å². The Morgan fingerprint density at radius 3 is 2.17 bits per heavy atom. The topological polar surface area (TPSA) is 18.5 Å². The molecule has 0 heterocycles. The molecular weight excluding hydrogens is 376 g/mol. The molecule has 3 atom stereocenters. The second-order valence-corrected chi connectivity index (χ2v) is 9.53. The van der Waals surface area contributed by atoms with Crippen molar-refractivity contribution < 1.29 is 9.47 Å². The molecule has 0 N–H and O–H groups in total. The first kappa shape index (κ1) is 23.8. The lowest BCUT2D eigenvalue weighted by atomic mass is 9.83. The van der Waals surface area contributed by atoms with Gasteiger partial charge < -0.3 is 9.47 Å². The highest BCUT2D eigenvalue weighted by atomic mass is 32.2. The second kappa shape index (κ2) is 13.0. The van der Waals surface area contributed by atoms with E-state index in [0.717, 1.165) is 17.4 Å². The zero-order chi connectivity index (χ0) is 21.1. The van der Waals surface area contributed by atoms with E-state index in [0.29, 0.717) is 18.4 Å². The molecule has 0 fully saturated rings. The van der Waals surface area contributed by atoms with Crippen molar-refractivity contribution in [1.29, 1.82) is 0 Å². The molecule has 0 radical (unpaired) electrons. The molecule has 3 heteroatoms. The summed E-state index contributed by atoms with van der Waals surface area (Å²) in [6.07, 6.45) is 3.49. The Labute approximate surface area is 182 Å². The highest BCUT2D eigenvalue weighted by Crippen LogP contribution is 2.32. The molecule has 2 nitrogen and oxygen atoms in total. The van der Waals surface area contributed by atoms with Crippen molar-refractivity contribution in [1.82, 2.24) is 0 Å². The van der Waals surface area contributed by atoms with Gasteiger partial charge in [-0.2, -0.15) is 0 Å². The highest BCUT2D eigenvalue weighted by Gasteiger charge is 2.16. The van der Waals surface area contributed by atoms with Crippen molar-refractivity contribution in [3.05, 3.63) is 60.2 Å². The third kappa shape index (κ3) is 9.27. The minimum Gasteiger partial charge on any atom is -0.465 e. The van der Waals surface area contributed by atoms with Crippen LogP contribution in [0.3, 0.4) is 0 Å². The lowest BCUT2D eigenvalue weighted by Crippen LogP contribution is -2.17. The summed E-state index contributed by atoms with van der Waals surface area (Å²) in [5.74, 6) is 3.90. The normalized spacial score (nSPS) is 14.6. The molecule has 0 aromatic heterocycles. The molecule has 160 valence electrons. The molecule has 0 saturated heterocycles. The van der Waals surface area contributed by atoms with Gasteiger partial charge in [-0.1, -0.05) is 64.4 Å². The van der Waals surface area contributed by atoms with E-state index in [1.165, 1.54) is 29.7 Å². The lowest BCUT2D eigenvalue weighted by Gasteiger charge is -2.23. The first-order chi connectivity index (χ1) is 14.0. The number of rotatable bonds is 13. The van der Waals surface area contributed by atoms with Crippen LogP contribution in [0.2, 0.25) is 0 Å². The van der Waals surface area contributed by atoms with Gasteiger partial charge in [0.2, 0.25) is 0 Å². The Hall–Kier alpha value is -1.45. The van der Waals surface area contributed by atoms with Gasteiger partial charge in [0.05, 0.1) is 6.61 Å². The monoisotopic (exact) mass is 414 g/mol. The summed E-state index contributed by atoms with van der Waals surface area (Å²) in [5.41, 5.74) is 1.43. The van der Waals surface area contributed by atoms with Gasteiger partial charge in [0.1, 0.15) is 5.75 Å². The van der Waals surface area contributed by atoms with Crippen molar-refractivity contribution >= 4 is 11.8 Å². The SMILES string of the molecule is CCC(C)CC(CC(C)C)c1ccc(OC(C)OCCSc2ccccc2)cc1. The van der Waals surface area contributed by atoms with E-state index in [2.05, 4.69) is 76.2 Å². The predicted octanol–water partition coefficient (Wildman–Crippen LogP) is 7.79. The van der Waals surface area contributed by atoms with Crippen LogP contribution in [0.5, 0.6) is 5.75 Å². The van der Waals surface area contributed by atoms with Crippen LogP contribution in [0, 0.1) is 11.8 Å². The molecular formula is C26H38O2S. The lowest BCUT2D eigenvalue weighted by molar-refractivity contribution is -0.0602. The summed E-state index contributed by atoms with van der Waals surface area (Å²) in [7, 11) is 0. The summed E-state index contributed by atoms with van der Waals surface area (Å²) in [5, 5.41) is 0. The Kier molecular flexibility index (Phi) is 10.7. The first-order valence-corrected chi connectivity index (χ1v) is 12.0. The number of thioether (sulfide) groups is 1. The van der Waals surface area contributed by atoms with E-state index >= 15 is 0 Å². The smallest absolute Gasteiger partial charge is 0.197 e. The maximum absolute atomic E-state index is 5.95. The van der Waals surface area contributed by atoms with E-state index < -0.39 is 0 Å². The standard InChI is InChI=1S/C26H38O2S/c1-6-21(4)19-24(18-20(2)3)23-12-14-25(15-13-23)28-22(5)27-16-17-29-26-10-8-7-9-11-26/h7-15,20-22,24H,6,16-19H2,1-5H3. The average Bonchev–Trinajstić information content (AvgIpc) is 2.71. The van der Waals surface area contributed by atoms with E-state index in [1.54, 1.807) is 11.8 Å². The average molecular weight is 415 g/mol. The quantitative estimate of drug-likeness (QED) is 0.189. The molecule has 2 aromatic carbocycles. The maximum Gasteiger partial charge on any atom is 0.197 e. The third-order valence-electron chi connectivity index (χ3n) is 5.24. The van der Waals surface area contributed by atoms with Gasteiger partial charge in [-0.25, -0.2) is 0 Å². The summed E-state index contributed by atoms with van der Waals surface area (Å²) >= 11 is 1.80. The Morgan fingerprint density at radius 2 is 1.55 bits per heavy atom. The molecule has 29 heavy (non-hydrogen) atoms. The molecule has 0 aliphatic heterocycles. The van der Waals surface area contributed by atoms with Crippen LogP contribution < -0.4 is 4.74 Å². The van der Waals surface area contributed by atoms with Gasteiger partial charge in [-0.05, 0) is 67.3 Å². The Bertz CT molecular complexity index is 669. The Balaban J connectivity index is 1.80. The molecule has 2 aromatic rings. The zero-order valence-corrected chi connectivity index (χ0v) is 19.6. The number of benzene rings is 2. The van der Waals surface area contributed by atoms with Gasteiger partial charge >= 0.3 is 0 Å². The van der Waals surface area contributed by atoms with Gasteiger partial charge in [0, 0.05) is 10.6 Å². The van der Waals surface area contributed by atoms with Gasteiger partial charge in [-0.3, -0.25) is 0 Å².